The van der Waals surface area contributed by atoms with Crippen LogP contribution in [0.5, 0.6) is 17.2 Å². The van der Waals surface area contributed by atoms with E-state index in [0.29, 0.717) is 50.3 Å². The lowest BCUT2D eigenvalue weighted by molar-refractivity contribution is -0.121. The van der Waals surface area contributed by atoms with E-state index in [4.69, 9.17) is 38.0 Å². The highest BCUT2D eigenvalue weighted by molar-refractivity contribution is 8.26. The fraction of sp³-hybridized carbons (Fsp3) is 0.200. The van der Waals surface area contributed by atoms with E-state index in [1.165, 1.54) is 16.7 Å². The molecule has 0 saturated carbocycles. The average Bonchev–Trinajstić information content (AvgIpc) is 2.93. The normalized spacial score (nSPS) is 15.2. The molecule has 0 unspecified atom stereocenters. The molecule has 0 radical (unpaired) electrons. The Balaban J connectivity index is 1.68. The monoisotopic (exact) mass is 435 g/mol. The van der Waals surface area contributed by atoms with Crippen LogP contribution in [-0.2, 0) is 4.79 Å². The van der Waals surface area contributed by atoms with E-state index < -0.39 is 0 Å². The van der Waals surface area contributed by atoms with Gasteiger partial charge in [0, 0.05) is 17.6 Å². The number of hydrogen-bond acceptors (Lipinski definition) is 6. The summed E-state index contributed by atoms with van der Waals surface area (Å²) < 4.78 is 17.3. The third-order valence-electron chi connectivity index (χ3n) is 3.91. The van der Waals surface area contributed by atoms with Gasteiger partial charge in [0.05, 0.1) is 12.0 Å². The van der Waals surface area contributed by atoms with Crippen molar-refractivity contribution < 1.29 is 19.0 Å². The second-order valence-electron chi connectivity index (χ2n) is 5.77. The van der Waals surface area contributed by atoms with E-state index >= 15 is 0 Å². The molecule has 1 heterocycles. The van der Waals surface area contributed by atoms with Crippen molar-refractivity contribution in [2.45, 2.75) is 0 Å². The summed E-state index contributed by atoms with van der Waals surface area (Å²) in [5.41, 5.74) is 0.707. The first-order valence-electron chi connectivity index (χ1n) is 8.39. The highest BCUT2D eigenvalue weighted by atomic mass is 35.5. The third kappa shape index (κ3) is 4.79. The van der Waals surface area contributed by atoms with Crippen molar-refractivity contribution in [3.05, 3.63) is 58.0 Å². The Morgan fingerprint density at radius 1 is 1.11 bits per heavy atom. The molecule has 8 heteroatoms. The summed E-state index contributed by atoms with van der Waals surface area (Å²) in [5.74, 6) is 1.78. The number of ether oxygens (including phenoxy) is 3. The zero-order valence-electron chi connectivity index (χ0n) is 15.3. The number of nitrogens with zero attached hydrogens (tertiary/aromatic N) is 1. The van der Waals surface area contributed by atoms with Crippen molar-refractivity contribution in [1.82, 2.24) is 4.90 Å². The fourth-order valence-corrected chi connectivity index (χ4v) is 3.84. The molecule has 1 fully saturated rings. The standard InChI is InChI=1S/C20H18ClNO4S2/c1-22-19(23)18(28-20(22)27)12-13-11-14(21)7-8-15(13)25-9-10-26-17-6-4-3-5-16(17)24-2/h3-8,11-12H,9-10H2,1-2H3/b18-12-. The topological polar surface area (TPSA) is 48.0 Å². The Hall–Kier alpha value is -2.22. The van der Waals surface area contributed by atoms with Gasteiger partial charge in [-0.1, -0.05) is 47.7 Å². The Kier molecular flexibility index (Phi) is 6.83. The molecule has 0 aromatic heterocycles. The predicted octanol–water partition coefficient (Wildman–Crippen LogP) is 4.64. The lowest BCUT2D eigenvalue weighted by Gasteiger charge is -2.13. The molecule has 0 N–H and O–H groups in total. The highest BCUT2D eigenvalue weighted by Crippen LogP contribution is 2.34. The number of methoxy groups -OCH3 is 1. The number of carbonyl (C=O) groups is 1. The van der Waals surface area contributed by atoms with Crippen LogP contribution in [0.4, 0.5) is 0 Å². The van der Waals surface area contributed by atoms with Crippen LogP contribution in [-0.4, -0.2) is 42.5 Å². The third-order valence-corrected chi connectivity index (χ3v) is 5.63. The minimum Gasteiger partial charge on any atom is -0.493 e. The molecule has 1 amide bonds. The van der Waals surface area contributed by atoms with Gasteiger partial charge in [-0.2, -0.15) is 0 Å². The lowest BCUT2D eigenvalue weighted by Crippen LogP contribution is -2.22. The molecule has 2 aromatic carbocycles. The Morgan fingerprint density at radius 2 is 1.79 bits per heavy atom. The summed E-state index contributed by atoms with van der Waals surface area (Å²) >= 11 is 12.5. The quantitative estimate of drug-likeness (QED) is 0.359. The Labute approximate surface area is 178 Å². The number of carbonyl (C=O) groups excluding carboxylic acids is 1. The van der Waals surface area contributed by atoms with Crippen LogP contribution in [0.3, 0.4) is 0 Å². The van der Waals surface area contributed by atoms with E-state index in [-0.39, 0.29) is 5.91 Å². The first-order chi connectivity index (χ1) is 13.5. The maximum atomic E-state index is 12.2. The van der Waals surface area contributed by atoms with Crippen LogP contribution in [0.15, 0.2) is 47.4 Å². The number of halogens is 1. The average molecular weight is 436 g/mol. The zero-order chi connectivity index (χ0) is 20.1. The van der Waals surface area contributed by atoms with Gasteiger partial charge in [0.2, 0.25) is 0 Å². The molecule has 0 aliphatic carbocycles. The van der Waals surface area contributed by atoms with Gasteiger partial charge < -0.3 is 14.2 Å². The van der Waals surface area contributed by atoms with E-state index in [9.17, 15) is 4.79 Å². The first-order valence-corrected chi connectivity index (χ1v) is 9.99. The number of hydrogen-bond donors (Lipinski definition) is 0. The fourth-order valence-electron chi connectivity index (χ4n) is 2.49. The molecule has 2 aromatic rings. The SMILES string of the molecule is COc1ccccc1OCCOc1ccc(Cl)cc1/C=C1\SC(=S)N(C)C1=O. The van der Waals surface area contributed by atoms with Crippen molar-refractivity contribution >= 4 is 51.9 Å². The van der Waals surface area contributed by atoms with Crippen molar-refractivity contribution in [3.63, 3.8) is 0 Å². The van der Waals surface area contributed by atoms with Gasteiger partial charge in [0.15, 0.2) is 11.5 Å². The molecule has 0 bridgehead atoms. The van der Waals surface area contributed by atoms with Crippen molar-refractivity contribution in [1.29, 1.82) is 0 Å². The molecule has 1 aliphatic heterocycles. The number of thiocarbonyl (C=S) groups is 1. The molecular formula is C20H18ClNO4S2. The van der Waals surface area contributed by atoms with Gasteiger partial charge in [-0.05, 0) is 36.4 Å². The highest BCUT2D eigenvalue weighted by Gasteiger charge is 2.29. The van der Waals surface area contributed by atoms with Gasteiger partial charge in [-0.15, -0.1) is 0 Å². The van der Waals surface area contributed by atoms with Crippen LogP contribution >= 0.6 is 35.6 Å². The molecule has 0 atom stereocenters. The number of likely N-dealkylation sites (N-methyl/N-ethyl adjacent to an activating group) is 1. The summed E-state index contributed by atoms with van der Waals surface area (Å²) in [5, 5.41) is 0.552. The summed E-state index contributed by atoms with van der Waals surface area (Å²) in [4.78, 5) is 14.2. The summed E-state index contributed by atoms with van der Waals surface area (Å²) in [6.45, 7) is 0.648. The molecule has 146 valence electrons. The van der Waals surface area contributed by atoms with Crippen molar-refractivity contribution in [2.75, 3.05) is 27.4 Å². The predicted molar refractivity (Wildman–Crippen MR) is 116 cm³/mol. The molecule has 28 heavy (non-hydrogen) atoms. The largest absolute Gasteiger partial charge is 0.493 e. The Morgan fingerprint density at radius 3 is 2.43 bits per heavy atom. The van der Waals surface area contributed by atoms with Crippen LogP contribution in [0.25, 0.3) is 6.08 Å². The number of amides is 1. The van der Waals surface area contributed by atoms with Crippen LogP contribution in [0.2, 0.25) is 5.02 Å². The summed E-state index contributed by atoms with van der Waals surface area (Å²) in [7, 11) is 3.25. The van der Waals surface area contributed by atoms with Crippen LogP contribution < -0.4 is 14.2 Å². The number of para-hydroxylation sites is 2. The van der Waals surface area contributed by atoms with Crippen molar-refractivity contribution in [2.24, 2.45) is 0 Å². The van der Waals surface area contributed by atoms with E-state index in [0.717, 1.165) is 0 Å². The zero-order valence-corrected chi connectivity index (χ0v) is 17.7. The smallest absolute Gasteiger partial charge is 0.265 e. The second kappa shape index (κ2) is 9.32. The van der Waals surface area contributed by atoms with Gasteiger partial charge in [0.1, 0.15) is 23.3 Å². The molecule has 1 aliphatic rings. The molecular weight excluding hydrogens is 418 g/mol. The number of rotatable bonds is 7. The first kappa shape index (κ1) is 20.5. The van der Waals surface area contributed by atoms with E-state index in [2.05, 4.69) is 0 Å². The minimum absolute atomic E-state index is 0.138. The van der Waals surface area contributed by atoms with Gasteiger partial charge in [-0.25, -0.2) is 0 Å². The summed E-state index contributed by atoms with van der Waals surface area (Å²) in [6, 6.07) is 12.7. The molecule has 3 rings (SSSR count). The van der Waals surface area contributed by atoms with Gasteiger partial charge >= 0.3 is 0 Å². The maximum absolute atomic E-state index is 12.2. The van der Waals surface area contributed by atoms with Gasteiger partial charge in [-0.3, -0.25) is 9.69 Å². The van der Waals surface area contributed by atoms with Crippen LogP contribution in [0.1, 0.15) is 5.56 Å². The van der Waals surface area contributed by atoms with Crippen LogP contribution in [0, 0.1) is 0 Å². The summed E-state index contributed by atoms with van der Waals surface area (Å²) in [6.07, 6.45) is 1.74. The maximum Gasteiger partial charge on any atom is 0.265 e. The lowest BCUT2D eigenvalue weighted by atomic mass is 10.2. The minimum atomic E-state index is -0.138. The van der Waals surface area contributed by atoms with E-state index in [1.807, 2.05) is 24.3 Å². The molecule has 5 nitrogen and oxygen atoms in total. The number of thioether (sulfide) groups is 1. The number of benzene rings is 2. The second-order valence-corrected chi connectivity index (χ2v) is 7.88. The molecule has 0 spiro atoms. The van der Waals surface area contributed by atoms with Crippen molar-refractivity contribution in [3.8, 4) is 17.2 Å². The Bertz CT molecular complexity index is 932. The molecule has 1 saturated heterocycles. The van der Waals surface area contributed by atoms with Gasteiger partial charge in [0.25, 0.3) is 5.91 Å². The van der Waals surface area contributed by atoms with E-state index in [1.54, 1.807) is 38.4 Å².